The molecular weight excluding hydrogens is 391 g/mol. The number of ether oxygens (including phenoxy) is 1. The van der Waals surface area contributed by atoms with E-state index in [0.717, 1.165) is 19.4 Å². The third kappa shape index (κ3) is 5.49. The number of rotatable bonds is 7. The van der Waals surface area contributed by atoms with E-state index in [9.17, 15) is 0 Å². The number of aromatic nitrogens is 1. The van der Waals surface area contributed by atoms with Gasteiger partial charge in [-0.3, -0.25) is 4.99 Å². The molecule has 0 aliphatic carbocycles. The molecule has 0 saturated heterocycles. The highest BCUT2D eigenvalue weighted by atomic mass is 127. The third-order valence-corrected chi connectivity index (χ3v) is 3.37. The van der Waals surface area contributed by atoms with E-state index in [1.54, 1.807) is 7.11 Å². The van der Waals surface area contributed by atoms with Crippen molar-refractivity contribution in [3.63, 3.8) is 0 Å². The number of nitrogens with two attached hydrogens (primary N) is 1. The Morgan fingerprint density at radius 1 is 1.41 bits per heavy atom. The fourth-order valence-corrected chi connectivity index (χ4v) is 2.40. The van der Waals surface area contributed by atoms with Crippen molar-refractivity contribution in [2.24, 2.45) is 10.7 Å². The first-order valence-corrected chi connectivity index (χ1v) is 7.31. The van der Waals surface area contributed by atoms with Crippen LogP contribution >= 0.6 is 24.0 Å². The van der Waals surface area contributed by atoms with Crippen LogP contribution in [0.4, 0.5) is 0 Å². The van der Waals surface area contributed by atoms with Crippen LogP contribution in [0.3, 0.4) is 0 Å². The lowest BCUT2D eigenvalue weighted by molar-refractivity contribution is 0.179. The van der Waals surface area contributed by atoms with Gasteiger partial charge in [-0.1, -0.05) is 18.2 Å². The second-order valence-electron chi connectivity index (χ2n) is 5.23. The Hall–Kier alpha value is -1.28. The van der Waals surface area contributed by atoms with E-state index in [1.807, 2.05) is 13.0 Å². The second-order valence-corrected chi connectivity index (χ2v) is 5.23. The summed E-state index contributed by atoms with van der Waals surface area (Å²) in [5, 5.41) is 4.39. The first-order chi connectivity index (χ1) is 10.2. The van der Waals surface area contributed by atoms with E-state index < -0.39 is 0 Å². The number of aromatic amines is 1. The van der Waals surface area contributed by atoms with Crippen molar-refractivity contribution in [2.75, 3.05) is 20.3 Å². The van der Waals surface area contributed by atoms with Crippen LogP contribution in [0.5, 0.6) is 0 Å². The molecule has 2 rings (SSSR count). The Morgan fingerprint density at radius 3 is 2.95 bits per heavy atom. The van der Waals surface area contributed by atoms with Gasteiger partial charge in [0.25, 0.3) is 0 Å². The number of nitrogens with zero attached hydrogens (tertiary/aromatic N) is 1. The molecule has 1 aromatic carbocycles. The zero-order valence-corrected chi connectivity index (χ0v) is 15.5. The van der Waals surface area contributed by atoms with Crippen LogP contribution in [-0.4, -0.2) is 37.2 Å². The highest BCUT2D eigenvalue weighted by molar-refractivity contribution is 14.0. The van der Waals surface area contributed by atoms with Crippen molar-refractivity contribution in [3.8, 4) is 0 Å². The molecule has 0 amide bonds. The number of hydrogen-bond donors (Lipinski definition) is 3. The molecule has 22 heavy (non-hydrogen) atoms. The highest BCUT2D eigenvalue weighted by Gasteiger charge is 2.03. The van der Waals surface area contributed by atoms with Gasteiger partial charge in [-0.15, -0.1) is 24.0 Å². The van der Waals surface area contributed by atoms with Gasteiger partial charge in [-0.25, -0.2) is 0 Å². The van der Waals surface area contributed by atoms with Gasteiger partial charge in [0.2, 0.25) is 0 Å². The average Bonchev–Trinajstić information content (AvgIpc) is 2.87. The fourth-order valence-electron chi connectivity index (χ4n) is 2.40. The molecule has 122 valence electrons. The number of benzene rings is 1. The summed E-state index contributed by atoms with van der Waals surface area (Å²) in [5.74, 6) is 0.485. The highest BCUT2D eigenvalue weighted by Crippen LogP contribution is 2.18. The Labute approximate surface area is 148 Å². The molecule has 6 heteroatoms. The van der Waals surface area contributed by atoms with Crippen molar-refractivity contribution >= 4 is 40.8 Å². The number of guanidine groups is 1. The minimum Gasteiger partial charge on any atom is -0.383 e. The molecule has 0 aliphatic heterocycles. The lowest BCUT2D eigenvalue weighted by Crippen LogP contribution is -2.40. The summed E-state index contributed by atoms with van der Waals surface area (Å²) >= 11 is 0. The van der Waals surface area contributed by atoms with Gasteiger partial charge in [0.15, 0.2) is 5.96 Å². The monoisotopic (exact) mass is 416 g/mol. The molecule has 4 N–H and O–H groups in total. The van der Waals surface area contributed by atoms with Gasteiger partial charge < -0.3 is 20.8 Å². The van der Waals surface area contributed by atoms with E-state index in [1.165, 1.54) is 16.5 Å². The molecule has 1 heterocycles. The second kappa shape index (κ2) is 9.68. The summed E-state index contributed by atoms with van der Waals surface area (Å²) in [6.07, 6.45) is 4.05. The summed E-state index contributed by atoms with van der Waals surface area (Å²) in [7, 11) is 1.67. The molecule has 0 radical (unpaired) electrons. The molecule has 0 spiro atoms. The lowest BCUT2D eigenvalue weighted by atomic mass is 10.1. The molecule has 0 fully saturated rings. The summed E-state index contributed by atoms with van der Waals surface area (Å²) in [6.45, 7) is 3.35. The number of H-pyrrole nitrogens is 1. The maximum atomic E-state index is 5.83. The van der Waals surface area contributed by atoms with E-state index in [4.69, 9.17) is 10.5 Å². The maximum absolute atomic E-state index is 5.83. The number of para-hydroxylation sites is 1. The van der Waals surface area contributed by atoms with Gasteiger partial charge in [0.1, 0.15) is 0 Å². The number of hydrogen-bond acceptors (Lipinski definition) is 2. The summed E-state index contributed by atoms with van der Waals surface area (Å²) < 4.78 is 5.04. The van der Waals surface area contributed by atoms with Gasteiger partial charge in [0.05, 0.1) is 6.61 Å². The molecule has 1 unspecified atom stereocenters. The van der Waals surface area contributed by atoms with E-state index in [2.05, 4.69) is 39.7 Å². The van der Waals surface area contributed by atoms with Crippen LogP contribution in [-0.2, 0) is 11.2 Å². The zero-order valence-electron chi connectivity index (χ0n) is 13.1. The fraction of sp³-hybridized carbons (Fsp3) is 0.438. The number of aliphatic imine (C=N–C) groups is 1. The van der Waals surface area contributed by atoms with Crippen LogP contribution in [0.25, 0.3) is 10.9 Å². The molecule has 1 aromatic heterocycles. The van der Waals surface area contributed by atoms with Crippen molar-refractivity contribution in [1.29, 1.82) is 0 Å². The van der Waals surface area contributed by atoms with Crippen LogP contribution < -0.4 is 11.1 Å². The van der Waals surface area contributed by atoms with E-state index in [0.29, 0.717) is 12.6 Å². The van der Waals surface area contributed by atoms with Crippen molar-refractivity contribution < 1.29 is 4.74 Å². The topological polar surface area (TPSA) is 75.4 Å². The Morgan fingerprint density at radius 2 is 2.18 bits per heavy atom. The predicted octanol–water partition coefficient (Wildman–Crippen LogP) is 2.66. The molecule has 1 atom stereocenters. The summed E-state index contributed by atoms with van der Waals surface area (Å²) in [5.41, 5.74) is 8.35. The predicted molar refractivity (Wildman–Crippen MR) is 103 cm³/mol. The minimum absolute atomic E-state index is 0. The SMILES string of the molecule is COCC(C)NC(N)=NCCCc1c[nH]c2ccccc12.I. The standard InChI is InChI=1S/C16H24N4O.HI/c1-12(11-21-2)20-16(17)18-9-5-6-13-10-19-15-8-4-3-7-14(13)15;/h3-4,7-8,10,12,19H,5-6,9,11H2,1-2H3,(H3,17,18,20);1H. The Balaban J connectivity index is 0.00000242. The van der Waals surface area contributed by atoms with Crippen LogP contribution in [0.2, 0.25) is 0 Å². The van der Waals surface area contributed by atoms with Crippen LogP contribution in [0, 0.1) is 0 Å². The summed E-state index contributed by atoms with van der Waals surface area (Å²) in [6, 6.07) is 8.52. The normalized spacial score (nSPS) is 12.9. The first-order valence-electron chi connectivity index (χ1n) is 7.31. The number of aryl methyl sites for hydroxylation is 1. The van der Waals surface area contributed by atoms with Crippen LogP contribution in [0.1, 0.15) is 18.9 Å². The molecule has 5 nitrogen and oxygen atoms in total. The molecule has 0 saturated carbocycles. The van der Waals surface area contributed by atoms with E-state index >= 15 is 0 Å². The quantitative estimate of drug-likeness (QED) is 0.281. The number of halogens is 1. The molecule has 0 bridgehead atoms. The molecule has 0 aliphatic rings. The van der Waals surface area contributed by atoms with Gasteiger partial charge >= 0.3 is 0 Å². The van der Waals surface area contributed by atoms with Crippen molar-refractivity contribution in [1.82, 2.24) is 10.3 Å². The summed E-state index contributed by atoms with van der Waals surface area (Å²) in [4.78, 5) is 7.63. The first kappa shape index (κ1) is 18.8. The van der Waals surface area contributed by atoms with E-state index in [-0.39, 0.29) is 30.0 Å². The lowest BCUT2D eigenvalue weighted by Gasteiger charge is -2.12. The molecular formula is C16H25IN4O. The molecule has 2 aromatic rings. The zero-order chi connectivity index (χ0) is 15.1. The van der Waals surface area contributed by atoms with Gasteiger partial charge in [-0.2, -0.15) is 0 Å². The number of nitrogens with one attached hydrogen (secondary N) is 2. The average molecular weight is 416 g/mol. The number of fused-ring (bicyclic) bond motifs is 1. The van der Waals surface area contributed by atoms with Crippen LogP contribution in [0.15, 0.2) is 35.5 Å². The van der Waals surface area contributed by atoms with Crippen molar-refractivity contribution in [3.05, 3.63) is 36.0 Å². The van der Waals surface area contributed by atoms with Gasteiger partial charge in [0, 0.05) is 36.8 Å². The smallest absolute Gasteiger partial charge is 0.188 e. The van der Waals surface area contributed by atoms with Crippen molar-refractivity contribution in [2.45, 2.75) is 25.8 Å². The third-order valence-electron chi connectivity index (χ3n) is 3.37. The van der Waals surface area contributed by atoms with Gasteiger partial charge in [-0.05, 0) is 31.4 Å². The maximum Gasteiger partial charge on any atom is 0.188 e. The Bertz CT molecular complexity index is 597. The largest absolute Gasteiger partial charge is 0.383 e. The Kier molecular flexibility index (Phi) is 8.26. The number of methoxy groups -OCH3 is 1. The minimum atomic E-state index is 0.